The number of rotatable bonds is 21. The summed E-state index contributed by atoms with van der Waals surface area (Å²) in [6.45, 7) is 2.50. The highest BCUT2D eigenvalue weighted by molar-refractivity contribution is 5.78. The summed E-state index contributed by atoms with van der Waals surface area (Å²) in [6.07, 6.45) is 21.3. The van der Waals surface area contributed by atoms with Crippen molar-refractivity contribution in [2.24, 2.45) is 5.92 Å². The molecule has 0 spiro atoms. The van der Waals surface area contributed by atoms with Gasteiger partial charge in [-0.3, -0.25) is 14.4 Å². The Labute approximate surface area is 194 Å². The summed E-state index contributed by atoms with van der Waals surface area (Å²) in [7, 11) is 0. The average molecular weight is 450 g/mol. The van der Waals surface area contributed by atoms with Crippen molar-refractivity contribution in [1.29, 1.82) is 0 Å². The molecule has 1 N–H and O–H groups in total. The average Bonchev–Trinajstić information content (AvgIpc) is 2.77. The topological polar surface area (TPSA) is 81.7 Å². The van der Waals surface area contributed by atoms with Gasteiger partial charge in [-0.25, -0.2) is 0 Å². The lowest BCUT2D eigenvalue weighted by Crippen LogP contribution is -2.47. The fourth-order valence-corrected chi connectivity index (χ4v) is 4.15. The quantitative estimate of drug-likeness (QED) is 0.114. The molecule has 0 aromatic carbocycles. The van der Waals surface area contributed by atoms with Crippen LogP contribution in [0.15, 0.2) is 0 Å². The van der Waals surface area contributed by atoms with Crippen LogP contribution < -0.4 is 5.32 Å². The van der Waals surface area contributed by atoms with Gasteiger partial charge in [0.15, 0.2) is 0 Å². The van der Waals surface area contributed by atoms with Crippen LogP contribution in [-0.2, 0) is 23.9 Å². The van der Waals surface area contributed by atoms with Gasteiger partial charge in [-0.15, -0.1) is 12.3 Å². The number of carbonyl (C=O) groups excluding carboxylic acids is 3. The van der Waals surface area contributed by atoms with Crippen LogP contribution in [0, 0.1) is 18.3 Å². The maximum atomic E-state index is 12.2. The molecule has 32 heavy (non-hydrogen) atoms. The summed E-state index contributed by atoms with van der Waals surface area (Å²) in [5.41, 5.74) is 0. The van der Waals surface area contributed by atoms with E-state index in [1.165, 1.54) is 44.9 Å². The summed E-state index contributed by atoms with van der Waals surface area (Å²) in [5, 5.41) is 2.48. The second kappa shape index (κ2) is 18.5. The van der Waals surface area contributed by atoms with Crippen LogP contribution in [0.4, 0.5) is 0 Å². The van der Waals surface area contributed by atoms with Crippen molar-refractivity contribution < 1.29 is 23.9 Å². The minimum atomic E-state index is -0.323. The number of nitrogens with one attached hydrogen (secondary N) is 1. The number of cyclic esters (lactones) is 1. The van der Waals surface area contributed by atoms with E-state index < -0.39 is 0 Å². The monoisotopic (exact) mass is 449 g/mol. The number of carbonyl (C=O) groups is 3. The number of hydrogen-bond donors (Lipinski definition) is 1. The molecule has 1 saturated heterocycles. The molecule has 0 aliphatic carbocycles. The fourth-order valence-electron chi connectivity index (χ4n) is 4.15. The molecular weight excluding hydrogens is 406 g/mol. The summed E-state index contributed by atoms with van der Waals surface area (Å²) in [5.74, 6) is 2.03. The van der Waals surface area contributed by atoms with Gasteiger partial charge in [0.25, 0.3) is 0 Å². The molecule has 1 heterocycles. The van der Waals surface area contributed by atoms with Gasteiger partial charge in [-0.2, -0.15) is 0 Å². The van der Waals surface area contributed by atoms with Crippen LogP contribution in [-0.4, -0.2) is 37.1 Å². The molecule has 1 amide bonds. The van der Waals surface area contributed by atoms with E-state index >= 15 is 0 Å². The largest absolute Gasteiger partial charge is 0.462 e. The van der Waals surface area contributed by atoms with Crippen molar-refractivity contribution >= 4 is 18.3 Å². The summed E-state index contributed by atoms with van der Waals surface area (Å²) in [4.78, 5) is 34.4. The summed E-state index contributed by atoms with van der Waals surface area (Å²) >= 11 is 0. The number of amides is 1. The highest BCUT2D eigenvalue weighted by atomic mass is 16.6. The first kappa shape index (κ1) is 28.0. The van der Waals surface area contributed by atoms with Crippen LogP contribution in [0.5, 0.6) is 0 Å². The maximum Gasteiger partial charge on any atom is 0.313 e. The molecule has 0 aromatic rings. The molecule has 1 aliphatic heterocycles. The Morgan fingerprint density at radius 1 is 1.12 bits per heavy atom. The van der Waals surface area contributed by atoms with Gasteiger partial charge in [0.1, 0.15) is 12.2 Å². The van der Waals surface area contributed by atoms with Gasteiger partial charge in [0, 0.05) is 19.4 Å². The first-order chi connectivity index (χ1) is 15.6. The molecule has 1 aliphatic rings. The molecule has 0 saturated carbocycles. The predicted molar refractivity (Wildman–Crippen MR) is 126 cm³/mol. The zero-order chi connectivity index (χ0) is 23.4. The third-order valence-electron chi connectivity index (χ3n) is 6.09. The molecule has 6 heteroatoms. The maximum absolute atomic E-state index is 12.2. The van der Waals surface area contributed by atoms with Gasteiger partial charge in [-0.1, -0.05) is 64.7 Å². The van der Waals surface area contributed by atoms with Crippen LogP contribution in [0.2, 0.25) is 0 Å². The van der Waals surface area contributed by atoms with Gasteiger partial charge in [0.2, 0.25) is 6.41 Å². The Bertz CT molecular complexity index is 571. The van der Waals surface area contributed by atoms with Crippen molar-refractivity contribution in [3.8, 4) is 12.3 Å². The lowest BCUT2D eigenvalue weighted by Gasteiger charge is -2.37. The molecule has 6 nitrogen and oxygen atoms in total. The molecule has 182 valence electrons. The Morgan fingerprint density at radius 3 is 2.44 bits per heavy atom. The first-order valence-corrected chi connectivity index (χ1v) is 12.6. The lowest BCUT2D eigenvalue weighted by molar-refractivity contribution is -0.190. The molecule has 1 rings (SSSR count). The Morgan fingerprint density at radius 2 is 1.81 bits per heavy atom. The lowest BCUT2D eigenvalue weighted by atomic mass is 9.86. The number of ether oxygens (including phenoxy) is 2. The molecule has 0 radical (unpaired) electrons. The second-order valence-corrected chi connectivity index (χ2v) is 8.82. The minimum Gasteiger partial charge on any atom is -0.462 e. The normalized spacial score (nSPS) is 18.2. The minimum absolute atomic E-state index is 0.117. The van der Waals surface area contributed by atoms with Gasteiger partial charge >= 0.3 is 11.9 Å². The zero-order valence-electron chi connectivity index (χ0n) is 19.9. The summed E-state index contributed by atoms with van der Waals surface area (Å²) in [6, 6.07) is 0. The van der Waals surface area contributed by atoms with Crippen molar-refractivity contribution in [1.82, 2.24) is 5.32 Å². The molecule has 0 unspecified atom stereocenters. The van der Waals surface area contributed by atoms with Gasteiger partial charge in [0.05, 0.1) is 12.3 Å². The van der Waals surface area contributed by atoms with E-state index in [2.05, 4.69) is 18.2 Å². The van der Waals surface area contributed by atoms with Crippen LogP contribution >= 0.6 is 0 Å². The van der Waals surface area contributed by atoms with Crippen LogP contribution in [0.25, 0.3) is 0 Å². The third kappa shape index (κ3) is 12.7. The van der Waals surface area contributed by atoms with Crippen LogP contribution in [0.1, 0.15) is 110 Å². The van der Waals surface area contributed by atoms with Gasteiger partial charge < -0.3 is 14.8 Å². The molecule has 1 fully saturated rings. The van der Waals surface area contributed by atoms with E-state index in [0.717, 1.165) is 44.9 Å². The smallest absolute Gasteiger partial charge is 0.313 e. The number of hydrogen-bond acceptors (Lipinski definition) is 5. The van der Waals surface area contributed by atoms with Crippen LogP contribution in [0.3, 0.4) is 0 Å². The Kier molecular flexibility index (Phi) is 16.2. The van der Waals surface area contributed by atoms with E-state index in [0.29, 0.717) is 12.8 Å². The second-order valence-electron chi connectivity index (χ2n) is 8.82. The SMILES string of the molecule is C#CCCCC[C@@H]1C(=O)O[C@H]1C[C@H](CCCCCCCCCCC)OC(=O)CCNC=O. The fraction of sp³-hybridized carbons (Fsp3) is 0.808. The van der Waals surface area contributed by atoms with E-state index in [4.69, 9.17) is 15.9 Å². The van der Waals surface area contributed by atoms with E-state index in [-0.39, 0.29) is 43.0 Å². The predicted octanol–water partition coefficient (Wildman–Crippen LogP) is 5.08. The first-order valence-electron chi connectivity index (χ1n) is 12.6. The van der Waals surface area contributed by atoms with E-state index in [9.17, 15) is 14.4 Å². The van der Waals surface area contributed by atoms with Crippen molar-refractivity contribution in [3.63, 3.8) is 0 Å². The highest BCUT2D eigenvalue weighted by Crippen LogP contribution is 2.32. The molecule has 0 bridgehead atoms. The standard InChI is InChI=1S/C26H43NO5/c1-3-5-7-9-10-11-12-13-14-16-22(31-25(29)18-19-27-21-28)20-24-23(26(30)32-24)17-15-8-6-4-2/h2,21-24H,3,5-20H2,1H3,(H,27,28)/t22-,23-,24-/m0/s1. The Balaban J connectivity index is 2.39. The number of terminal acetylenes is 1. The molecular formula is C26H43NO5. The van der Waals surface area contributed by atoms with Crippen molar-refractivity contribution in [3.05, 3.63) is 0 Å². The van der Waals surface area contributed by atoms with E-state index in [1.54, 1.807) is 0 Å². The molecule has 0 aromatic heterocycles. The molecule has 3 atom stereocenters. The Hall–Kier alpha value is -2.03. The van der Waals surface area contributed by atoms with Crippen molar-refractivity contribution in [2.45, 2.75) is 122 Å². The third-order valence-corrected chi connectivity index (χ3v) is 6.09. The number of esters is 2. The highest BCUT2D eigenvalue weighted by Gasteiger charge is 2.43. The number of unbranched alkanes of at least 4 members (excludes halogenated alkanes) is 10. The van der Waals surface area contributed by atoms with E-state index in [1.807, 2.05) is 0 Å². The van der Waals surface area contributed by atoms with Gasteiger partial charge in [-0.05, 0) is 25.7 Å². The van der Waals surface area contributed by atoms with Crippen molar-refractivity contribution in [2.75, 3.05) is 6.54 Å². The summed E-state index contributed by atoms with van der Waals surface area (Å²) < 4.78 is 11.1. The zero-order valence-corrected chi connectivity index (χ0v) is 19.9.